The Kier molecular flexibility index (Phi) is 4.69. The standard InChI is InChI=1S/C9H13F2N5O2/c1-3-12-8-7(16(17)18)9(14-5-13-8)15(2)4-6(10)11/h5-6H,3-4H2,1-2H3,(H,12,13,14). The molecule has 0 bridgehead atoms. The van der Waals surface area contributed by atoms with Crippen molar-refractivity contribution in [2.45, 2.75) is 13.3 Å². The summed E-state index contributed by atoms with van der Waals surface area (Å²) in [6.45, 7) is 1.54. The Labute approximate surface area is 102 Å². The first-order chi connectivity index (χ1) is 8.47. The third kappa shape index (κ3) is 3.22. The molecule has 0 unspecified atom stereocenters. The molecule has 18 heavy (non-hydrogen) atoms. The van der Waals surface area contributed by atoms with Crippen molar-refractivity contribution in [1.29, 1.82) is 0 Å². The van der Waals surface area contributed by atoms with Gasteiger partial charge in [-0.25, -0.2) is 18.7 Å². The first-order valence-electron chi connectivity index (χ1n) is 5.19. The molecule has 1 rings (SSSR count). The van der Waals surface area contributed by atoms with Crippen molar-refractivity contribution in [1.82, 2.24) is 9.97 Å². The van der Waals surface area contributed by atoms with E-state index in [2.05, 4.69) is 15.3 Å². The van der Waals surface area contributed by atoms with Crippen LogP contribution in [0.1, 0.15) is 6.92 Å². The molecule has 1 heterocycles. The molecule has 100 valence electrons. The highest BCUT2D eigenvalue weighted by molar-refractivity contribution is 5.69. The third-order valence-electron chi connectivity index (χ3n) is 2.10. The zero-order valence-corrected chi connectivity index (χ0v) is 9.93. The molecule has 7 nitrogen and oxygen atoms in total. The van der Waals surface area contributed by atoms with Gasteiger partial charge in [-0.05, 0) is 6.92 Å². The lowest BCUT2D eigenvalue weighted by Gasteiger charge is -2.17. The van der Waals surface area contributed by atoms with Crippen molar-refractivity contribution < 1.29 is 13.7 Å². The number of hydrogen-bond acceptors (Lipinski definition) is 6. The molecule has 1 aromatic heterocycles. The maximum Gasteiger partial charge on any atom is 0.353 e. The van der Waals surface area contributed by atoms with E-state index in [-0.39, 0.29) is 11.6 Å². The van der Waals surface area contributed by atoms with E-state index in [0.717, 1.165) is 11.2 Å². The van der Waals surface area contributed by atoms with E-state index in [9.17, 15) is 18.9 Å². The number of nitrogens with zero attached hydrogens (tertiary/aromatic N) is 4. The summed E-state index contributed by atoms with van der Waals surface area (Å²) < 4.78 is 24.6. The molecule has 0 aliphatic carbocycles. The second-order valence-electron chi connectivity index (χ2n) is 3.45. The lowest BCUT2D eigenvalue weighted by molar-refractivity contribution is -0.383. The maximum atomic E-state index is 12.3. The zero-order chi connectivity index (χ0) is 13.7. The van der Waals surface area contributed by atoms with E-state index >= 15 is 0 Å². The Morgan fingerprint density at radius 1 is 1.56 bits per heavy atom. The molecule has 0 aromatic carbocycles. The lowest BCUT2D eigenvalue weighted by atomic mass is 10.4. The van der Waals surface area contributed by atoms with E-state index < -0.39 is 23.6 Å². The summed E-state index contributed by atoms with van der Waals surface area (Å²) in [7, 11) is 1.32. The topological polar surface area (TPSA) is 84.2 Å². The highest BCUT2D eigenvalue weighted by Gasteiger charge is 2.26. The van der Waals surface area contributed by atoms with Crippen molar-refractivity contribution in [3.8, 4) is 0 Å². The number of halogens is 2. The summed E-state index contributed by atoms with van der Waals surface area (Å²) >= 11 is 0. The monoisotopic (exact) mass is 261 g/mol. The number of aromatic nitrogens is 2. The summed E-state index contributed by atoms with van der Waals surface area (Å²) in [6, 6.07) is 0. The quantitative estimate of drug-likeness (QED) is 0.617. The van der Waals surface area contributed by atoms with Crippen LogP contribution in [0.25, 0.3) is 0 Å². The average Bonchev–Trinajstić information content (AvgIpc) is 2.27. The van der Waals surface area contributed by atoms with Crippen LogP contribution in [0.3, 0.4) is 0 Å². The second-order valence-corrected chi connectivity index (χ2v) is 3.45. The van der Waals surface area contributed by atoms with E-state index in [1.165, 1.54) is 7.05 Å². The Hall–Kier alpha value is -2.06. The van der Waals surface area contributed by atoms with Gasteiger partial charge in [0.05, 0.1) is 11.5 Å². The second kappa shape index (κ2) is 6.03. The predicted molar refractivity (Wildman–Crippen MR) is 62.1 cm³/mol. The number of alkyl halides is 2. The molecular formula is C9H13F2N5O2. The molecule has 0 saturated carbocycles. The predicted octanol–water partition coefficient (Wildman–Crippen LogP) is 1.52. The van der Waals surface area contributed by atoms with Crippen molar-refractivity contribution in [3.05, 3.63) is 16.4 Å². The van der Waals surface area contributed by atoms with Crippen LogP contribution in [0.2, 0.25) is 0 Å². The first-order valence-corrected chi connectivity index (χ1v) is 5.19. The number of nitrogens with one attached hydrogen (secondary N) is 1. The molecule has 0 spiro atoms. The van der Waals surface area contributed by atoms with E-state index in [1.807, 2.05) is 0 Å². The molecular weight excluding hydrogens is 248 g/mol. The summed E-state index contributed by atoms with van der Waals surface area (Å²) in [5, 5.41) is 13.7. The molecule has 1 aromatic rings. The van der Waals surface area contributed by atoms with Gasteiger partial charge in [-0.3, -0.25) is 10.1 Å². The minimum absolute atomic E-state index is 0.0219. The van der Waals surface area contributed by atoms with E-state index in [0.29, 0.717) is 6.54 Å². The van der Waals surface area contributed by atoms with E-state index in [1.54, 1.807) is 6.92 Å². The van der Waals surface area contributed by atoms with Gasteiger partial charge < -0.3 is 10.2 Å². The molecule has 0 radical (unpaired) electrons. The van der Waals surface area contributed by atoms with Crippen LogP contribution in [0, 0.1) is 10.1 Å². The highest BCUT2D eigenvalue weighted by atomic mass is 19.3. The number of rotatable bonds is 6. The van der Waals surface area contributed by atoms with Crippen LogP contribution >= 0.6 is 0 Å². The van der Waals surface area contributed by atoms with Crippen LogP contribution in [0.4, 0.5) is 26.1 Å². The molecule has 0 amide bonds. The molecule has 0 fully saturated rings. The normalized spacial score (nSPS) is 10.5. The van der Waals surface area contributed by atoms with Gasteiger partial charge in [0.25, 0.3) is 6.43 Å². The van der Waals surface area contributed by atoms with Crippen molar-refractivity contribution in [2.75, 3.05) is 30.4 Å². The Bertz CT molecular complexity index is 429. The summed E-state index contributed by atoms with van der Waals surface area (Å²) in [4.78, 5) is 18.8. The number of anilines is 2. The van der Waals surface area contributed by atoms with Gasteiger partial charge in [0.15, 0.2) is 0 Å². The van der Waals surface area contributed by atoms with Gasteiger partial charge in [-0.2, -0.15) is 0 Å². The van der Waals surface area contributed by atoms with Gasteiger partial charge in [-0.15, -0.1) is 0 Å². The largest absolute Gasteiger partial charge is 0.364 e. The average molecular weight is 261 g/mol. The molecule has 1 N–H and O–H groups in total. The molecule has 0 saturated heterocycles. The minimum Gasteiger partial charge on any atom is -0.364 e. The van der Waals surface area contributed by atoms with Gasteiger partial charge in [0, 0.05) is 13.6 Å². The zero-order valence-electron chi connectivity index (χ0n) is 9.93. The van der Waals surface area contributed by atoms with Gasteiger partial charge in [-0.1, -0.05) is 0 Å². The number of nitro groups is 1. The first kappa shape index (κ1) is 14.0. The third-order valence-corrected chi connectivity index (χ3v) is 2.10. The molecule has 0 aliphatic rings. The molecule has 0 atom stereocenters. The Morgan fingerprint density at radius 2 is 2.22 bits per heavy atom. The van der Waals surface area contributed by atoms with Gasteiger partial charge in [0.1, 0.15) is 6.33 Å². The Balaban J connectivity index is 3.17. The van der Waals surface area contributed by atoms with Gasteiger partial charge >= 0.3 is 5.69 Å². The molecule has 0 aliphatic heterocycles. The van der Waals surface area contributed by atoms with Crippen LogP contribution in [0.15, 0.2) is 6.33 Å². The fourth-order valence-electron chi connectivity index (χ4n) is 1.41. The minimum atomic E-state index is -2.60. The van der Waals surface area contributed by atoms with Crippen LogP contribution in [-0.4, -0.2) is 41.5 Å². The lowest BCUT2D eigenvalue weighted by Crippen LogP contribution is -2.26. The van der Waals surface area contributed by atoms with Crippen LogP contribution in [-0.2, 0) is 0 Å². The van der Waals surface area contributed by atoms with Crippen LogP contribution in [0.5, 0.6) is 0 Å². The van der Waals surface area contributed by atoms with Crippen molar-refractivity contribution in [3.63, 3.8) is 0 Å². The summed E-state index contributed by atoms with van der Waals surface area (Å²) in [6.07, 6.45) is -1.50. The Morgan fingerprint density at radius 3 is 2.72 bits per heavy atom. The number of hydrogen-bond donors (Lipinski definition) is 1. The van der Waals surface area contributed by atoms with Crippen molar-refractivity contribution in [2.24, 2.45) is 0 Å². The SMILES string of the molecule is CCNc1ncnc(N(C)CC(F)F)c1[N+](=O)[O-]. The summed E-state index contributed by atoms with van der Waals surface area (Å²) in [5.41, 5.74) is -0.400. The smallest absolute Gasteiger partial charge is 0.353 e. The maximum absolute atomic E-state index is 12.3. The van der Waals surface area contributed by atoms with E-state index in [4.69, 9.17) is 0 Å². The fourth-order valence-corrected chi connectivity index (χ4v) is 1.41. The van der Waals surface area contributed by atoms with Gasteiger partial charge in [0.2, 0.25) is 11.6 Å². The highest BCUT2D eigenvalue weighted by Crippen LogP contribution is 2.31. The van der Waals surface area contributed by atoms with Crippen LogP contribution < -0.4 is 10.2 Å². The fraction of sp³-hybridized carbons (Fsp3) is 0.556. The summed E-state index contributed by atoms with van der Waals surface area (Å²) in [5.74, 6) is -0.111. The molecule has 9 heteroatoms. The van der Waals surface area contributed by atoms with Crippen molar-refractivity contribution >= 4 is 17.3 Å².